The van der Waals surface area contributed by atoms with Gasteiger partial charge >= 0.3 is 5.97 Å². The second kappa shape index (κ2) is 10.1. The van der Waals surface area contributed by atoms with E-state index in [1.165, 1.54) is 24.1 Å². The van der Waals surface area contributed by atoms with E-state index in [1.54, 1.807) is 30.5 Å². The second-order valence-electron chi connectivity index (χ2n) is 6.97. The van der Waals surface area contributed by atoms with Crippen LogP contribution in [0.4, 0.5) is 11.4 Å². The van der Waals surface area contributed by atoms with Gasteiger partial charge in [0.1, 0.15) is 10.8 Å². The minimum Gasteiger partial charge on any atom is -0.465 e. The fourth-order valence-corrected chi connectivity index (χ4v) is 5.29. The summed E-state index contributed by atoms with van der Waals surface area (Å²) in [5, 5.41) is 4.95. The van der Waals surface area contributed by atoms with E-state index < -0.39 is 21.9 Å². The van der Waals surface area contributed by atoms with Gasteiger partial charge in [-0.05, 0) is 36.6 Å². The number of nitrogens with one attached hydrogen (secondary N) is 2. The smallest absolute Gasteiger partial charge is 0.325 e. The summed E-state index contributed by atoms with van der Waals surface area (Å²) in [6.45, 7) is 4.71. The number of piperazine rings is 1. The minimum atomic E-state index is -3.79. The Labute approximate surface area is 186 Å². The van der Waals surface area contributed by atoms with E-state index >= 15 is 0 Å². The topological polar surface area (TPSA) is 108 Å². The summed E-state index contributed by atoms with van der Waals surface area (Å²) in [6, 6.07) is 8.10. The van der Waals surface area contributed by atoms with E-state index in [9.17, 15) is 18.0 Å². The molecule has 11 heteroatoms. The maximum Gasteiger partial charge on any atom is 0.325 e. The normalized spacial score (nSPS) is 14.2. The lowest BCUT2D eigenvalue weighted by molar-refractivity contribution is -0.143. The molecule has 168 valence electrons. The van der Waals surface area contributed by atoms with Crippen molar-refractivity contribution >= 4 is 44.6 Å². The van der Waals surface area contributed by atoms with Gasteiger partial charge in [-0.1, -0.05) is 6.07 Å². The lowest BCUT2D eigenvalue weighted by atomic mass is 10.1. The first-order chi connectivity index (χ1) is 14.8. The van der Waals surface area contributed by atoms with E-state index in [-0.39, 0.29) is 22.9 Å². The third kappa shape index (κ3) is 5.75. The Morgan fingerprint density at radius 1 is 1.26 bits per heavy atom. The molecule has 1 amide bonds. The van der Waals surface area contributed by atoms with Crippen LogP contribution in [-0.2, 0) is 19.6 Å². The van der Waals surface area contributed by atoms with E-state index in [0.29, 0.717) is 24.5 Å². The van der Waals surface area contributed by atoms with E-state index in [0.717, 1.165) is 24.4 Å². The SMILES string of the molecule is CCOC(=O)CN(C)C(=O)c1ccc(N2CCNCC2)c(NS(=O)(=O)c2cccs2)c1. The maximum atomic E-state index is 12.8. The molecule has 2 heterocycles. The Morgan fingerprint density at radius 3 is 2.65 bits per heavy atom. The number of amides is 1. The molecule has 0 saturated carbocycles. The third-order valence-corrected chi connectivity index (χ3v) is 7.49. The lowest BCUT2D eigenvalue weighted by Gasteiger charge is -2.31. The van der Waals surface area contributed by atoms with Crippen LogP contribution in [0.25, 0.3) is 0 Å². The Hall–Kier alpha value is -2.63. The van der Waals surface area contributed by atoms with Crippen molar-refractivity contribution in [1.29, 1.82) is 0 Å². The maximum absolute atomic E-state index is 12.8. The van der Waals surface area contributed by atoms with Crippen LogP contribution in [-0.4, -0.2) is 71.6 Å². The number of benzene rings is 1. The standard InChI is InChI=1S/C20H26N4O5S2/c1-3-29-18(25)14-23(2)20(26)15-6-7-17(24-10-8-21-9-11-24)16(13-15)22-31(27,28)19-5-4-12-30-19/h4-7,12-13,21-22H,3,8-11,14H2,1-2H3. The second-order valence-corrected chi connectivity index (χ2v) is 9.83. The van der Waals surface area contributed by atoms with Crippen molar-refractivity contribution in [2.75, 3.05) is 56.0 Å². The van der Waals surface area contributed by atoms with Gasteiger partial charge in [-0.15, -0.1) is 11.3 Å². The van der Waals surface area contributed by atoms with Gasteiger partial charge < -0.3 is 19.9 Å². The zero-order chi connectivity index (χ0) is 22.4. The number of sulfonamides is 1. The summed E-state index contributed by atoms with van der Waals surface area (Å²) in [5.41, 5.74) is 1.30. The summed E-state index contributed by atoms with van der Waals surface area (Å²) < 4.78 is 33.4. The van der Waals surface area contributed by atoms with Gasteiger partial charge in [0.25, 0.3) is 15.9 Å². The summed E-state index contributed by atoms with van der Waals surface area (Å²) in [5.74, 6) is -0.911. The number of hydrogen-bond acceptors (Lipinski definition) is 8. The summed E-state index contributed by atoms with van der Waals surface area (Å²) >= 11 is 1.12. The van der Waals surface area contributed by atoms with Gasteiger partial charge in [-0.25, -0.2) is 8.42 Å². The Bertz CT molecular complexity index is 1020. The first-order valence-electron chi connectivity index (χ1n) is 9.89. The average molecular weight is 467 g/mol. The van der Waals surface area contributed by atoms with Crippen LogP contribution in [0.2, 0.25) is 0 Å². The fraction of sp³-hybridized carbons (Fsp3) is 0.400. The number of carbonyl (C=O) groups is 2. The van der Waals surface area contributed by atoms with Gasteiger partial charge in [0.05, 0.1) is 18.0 Å². The van der Waals surface area contributed by atoms with E-state index in [2.05, 4.69) is 14.9 Å². The predicted octanol–water partition coefficient (Wildman–Crippen LogP) is 1.59. The monoisotopic (exact) mass is 466 g/mol. The van der Waals surface area contributed by atoms with Crippen molar-refractivity contribution in [3.63, 3.8) is 0 Å². The largest absolute Gasteiger partial charge is 0.465 e. The molecular formula is C20H26N4O5S2. The molecule has 0 bridgehead atoms. The quantitative estimate of drug-likeness (QED) is 0.569. The average Bonchev–Trinajstić information content (AvgIpc) is 3.30. The molecule has 0 spiro atoms. The molecule has 9 nitrogen and oxygen atoms in total. The van der Waals surface area contributed by atoms with Gasteiger partial charge in [0.2, 0.25) is 0 Å². The number of ether oxygens (including phenoxy) is 1. The van der Waals surface area contributed by atoms with Crippen molar-refractivity contribution in [3.05, 3.63) is 41.3 Å². The summed E-state index contributed by atoms with van der Waals surface area (Å²) in [6.07, 6.45) is 0. The summed E-state index contributed by atoms with van der Waals surface area (Å²) in [7, 11) is -2.29. The molecule has 0 aliphatic carbocycles. The van der Waals surface area contributed by atoms with E-state index in [1.807, 2.05) is 0 Å². The molecule has 1 aliphatic rings. The third-order valence-electron chi connectivity index (χ3n) is 4.72. The number of anilines is 2. The zero-order valence-corrected chi connectivity index (χ0v) is 19.1. The highest BCUT2D eigenvalue weighted by Gasteiger charge is 2.23. The van der Waals surface area contributed by atoms with Crippen LogP contribution < -0.4 is 14.9 Å². The van der Waals surface area contributed by atoms with E-state index in [4.69, 9.17) is 4.74 Å². The van der Waals surface area contributed by atoms with Crippen molar-refractivity contribution < 1.29 is 22.7 Å². The van der Waals surface area contributed by atoms with Crippen LogP contribution in [0.5, 0.6) is 0 Å². The van der Waals surface area contributed by atoms with Gasteiger partial charge in [0.15, 0.2) is 0 Å². The predicted molar refractivity (Wildman–Crippen MR) is 120 cm³/mol. The molecule has 1 aromatic carbocycles. The highest BCUT2D eigenvalue weighted by atomic mass is 32.2. The number of hydrogen-bond donors (Lipinski definition) is 2. The fourth-order valence-electron chi connectivity index (χ4n) is 3.24. The molecule has 3 rings (SSSR count). The minimum absolute atomic E-state index is 0.190. The van der Waals surface area contributed by atoms with Crippen molar-refractivity contribution in [1.82, 2.24) is 10.2 Å². The first-order valence-corrected chi connectivity index (χ1v) is 12.2. The molecule has 31 heavy (non-hydrogen) atoms. The zero-order valence-electron chi connectivity index (χ0n) is 17.5. The molecule has 0 atom stereocenters. The molecule has 1 aromatic heterocycles. The van der Waals surface area contributed by atoms with Crippen LogP contribution in [0.15, 0.2) is 39.9 Å². The molecule has 1 aliphatic heterocycles. The van der Waals surface area contributed by atoms with Crippen molar-refractivity contribution in [2.24, 2.45) is 0 Å². The number of nitrogens with zero attached hydrogens (tertiary/aromatic N) is 2. The van der Waals surface area contributed by atoms with Crippen LogP contribution in [0.1, 0.15) is 17.3 Å². The molecule has 0 unspecified atom stereocenters. The van der Waals surface area contributed by atoms with Gasteiger partial charge in [-0.3, -0.25) is 14.3 Å². The first kappa shape index (κ1) is 23.0. The number of rotatable bonds is 8. The number of esters is 1. The Balaban J connectivity index is 1.91. The molecule has 2 aromatic rings. The summed E-state index contributed by atoms with van der Waals surface area (Å²) in [4.78, 5) is 27.9. The van der Waals surface area contributed by atoms with Crippen LogP contribution in [0, 0.1) is 0 Å². The number of carbonyl (C=O) groups excluding carboxylic acids is 2. The van der Waals surface area contributed by atoms with Crippen LogP contribution in [0.3, 0.4) is 0 Å². The van der Waals surface area contributed by atoms with Crippen LogP contribution >= 0.6 is 11.3 Å². The highest BCUT2D eigenvalue weighted by Crippen LogP contribution is 2.31. The highest BCUT2D eigenvalue weighted by molar-refractivity contribution is 7.94. The Morgan fingerprint density at radius 2 is 2.00 bits per heavy atom. The molecular weight excluding hydrogens is 440 g/mol. The van der Waals surface area contributed by atoms with Crippen molar-refractivity contribution in [2.45, 2.75) is 11.1 Å². The molecule has 0 radical (unpaired) electrons. The lowest BCUT2D eigenvalue weighted by Crippen LogP contribution is -2.43. The number of likely N-dealkylation sites (N-methyl/N-ethyl adjacent to an activating group) is 1. The van der Waals surface area contributed by atoms with Gasteiger partial charge in [0, 0.05) is 38.8 Å². The Kier molecular flexibility index (Phi) is 7.52. The molecule has 1 saturated heterocycles. The van der Waals surface area contributed by atoms with Crippen molar-refractivity contribution in [3.8, 4) is 0 Å². The number of thiophene rings is 1. The molecule has 2 N–H and O–H groups in total. The van der Waals surface area contributed by atoms with Gasteiger partial charge in [-0.2, -0.15) is 0 Å². The molecule has 1 fully saturated rings.